The lowest BCUT2D eigenvalue weighted by Crippen LogP contribution is -2.45. The normalized spacial score (nSPS) is 16.8. The van der Waals surface area contributed by atoms with Gasteiger partial charge in [-0.3, -0.25) is 9.69 Å². The first kappa shape index (κ1) is 21.3. The molecule has 0 amide bonds. The van der Waals surface area contributed by atoms with Gasteiger partial charge in [0.25, 0.3) is 5.56 Å². The van der Waals surface area contributed by atoms with E-state index in [1.165, 1.54) is 4.57 Å². The van der Waals surface area contributed by atoms with E-state index >= 15 is 8.78 Å². The molecule has 2 aromatic carbocycles. The summed E-state index contributed by atoms with van der Waals surface area (Å²) in [5, 5.41) is 9.09. The van der Waals surface area contributed by atoms with Gasteiger partial charge in [-0.25, -0.2) is 0 Å². The van der Waals surface area contributed by atoms with Gasteiger partial charge in [0.05, 0.1) is 23.7 Å². The van der Waals surface area contributed by atoms with Gasteiger partial charge >= 0.3 is 5.92 Å². The van der Waals surface area contributed by atoms with Crippen LogP contribution in [0.25, 0.3) is 0 Å². The molecule has 2 aliphatic heterocycles. The molecule has 3 aromatic rings. The summed E-state index contributed by atoms with van der Waals surface area (Å²) in [6.07, 6.45) is 0. The first-order chi connectivity index (χ1) is 15.8. The molecule has 0 spiro atoms. The monoisotopic (exact) mass is 447 g/mol. The third kappa shape index (κ3) is 4.00. The second kappa shape index (κ2) is 8.09. The zero-order chi connectivity index (χ0) is 23.2. The smallest absolute Gasteiger partial charge is 0.300 e. The Kier molecular flexibility index (Phi) is 5.22. The summed E-state index contributed by atoms with van der Waals surface area (Å²) < 4.78 is 32.4. The minimum absolute atomic E-state index is 0.0589. The van der Waals surface area contributed by atoms with Crippen molar-refractivity contribution in [3.63, 3.8) is 0 Å². The molecule has 0 saturated heterocycles. The molecule has 33 heavy (non-hydrogen) atoms. The number of anilines is 1. The number of aryl methyl sites for hydroxylation is 1. The van der Waals surface area contributed by atoms with E-state index < -0.39 is 18.0 Å². The summed E-state index contributed by atoms with van der Waals surface area (Å²) in [7, 11) is 0. The first-order valence-electron chi connectivity index (χ1n) is 10.9. The number of hydrogen-bond acceptors (Lipinski definition) is 5. The van der Waals surface area contributed by atoms with E-state index in [1.807, 2.05) is 36.1 Å². The molecule has 0 unspecified atom stereocenters. The Bertz CT molecular complexity index is 1310. The van der Waals surface area contributed by atoms with E-state index in [0.717, 1.165) is 16.7 Å². The van der Waals surface area contributed by atoms with E-state index in [1.54, 1.807) is 29.2 Å². The quantitative estimate of drug-likeness (QED) is 0.612. The summed E-state index contributed by atoms with van der Waals surface area (Å²) in [6.45, 7) is 3.26. The highest BCUT2D eigenvalue weighted by molar-refractivity contribution is 5.43. The van der Waals surface area contributed by atoms with Crippen molar-refractivity contribution in [2.45, 2.75) is 39.0 Å². The van der Waals surface area contributed by atoms with Crippen molar-refractivity contribution in [2.24, 2.45) is 0 Å². The number of benzene rings is 2. The van der Waals surface area contributed by atoms with Crippen molar-refractivity contribution in [1.29, 1.82) is 5.26 Å². The lowest BCUT2D eigenvalue weighted by molar-refractivity contribution is -0.0621. The highest BCUT2D eigenvalue weighted by Gasteiger charge is 2.46. The van der Waals surface area contributed by atoms with Crippen LogP contribution in [0.1, 0.15) is 33.5 Å². The maximum Gasteiger partial charge on any atom is 0.300 e. The van der Waals surface area contributed by atoms with Crippen LogP contribution in [0, 0.1) is 18.3 Å². The Morgan fingerprint density at radius 3 is 2.64 bits per heavy atom. The van der Waals surface area contributed by atoms with Gasteiger partial charge in [-0.05, 0) is 30.2 Å². The van der Waals surface area contributed by atoms with Crippen LogP contribution in [0.3, 0.4) is 0 Å². The Labute approximate surface area is 190 Å². The molecule has 0 aliphatic carbocycles. The predicted octanol–water partition coefficient (Wildman–Crippen LogP) is 3.55. The second-order valence-corrected chi connectivity index (χ2v) is 8.76. The molecule has 0 N–H and O–H groups in total. The molecule has 3 heterocycles. The van der Waals surface area contributed by atoms with Gasteiger partial charge in [0.2, 0.25) is 5.95 Å². The van der Waals surface area contributed by atoms with Gasteiger partial charge < -0.3 is 9.47 Å². The minimum atomic E-state index is -3.18. The molecule has 168 valence electrons. The number of nitrogens with zero attached hydrogens (tertiary/aromatic N) is 5. The standard InChI is InChI=1S/C25H23F2N5O/c1-17-5-7-18(8-6-17)14-31-9-10-32-22-21(23(33)29-24(31)32)15-30(16-25(22,26)27)13-20-4-2-3-19(11-20)12-28/h2-8,11H,9-10,13-16H2,1H3. The first-order valence-corrected chi connectivity index (χ1v) is 10.9. The molecule has 5 rings (SSSR count). The van der Waals surface area contributed by atoms with Crippen LogP contribution in [0.2, 0.25) is 0 Å². The van der Waals surface area contributed by atoms with Crippen LogP contribution in [0.5, 0.6) is 0 Å². The van der Waals surface area contributed by atoms with Crippen LogP contribution in [-0.2, 0) is 32.1 Å². The second-order valence-electron chi connectivity index (χ2n) is 8.76. The van der Waals surface area contributed by atoms with Crippen molar-refractivity contribution < 1.29 is 8.78 Å². The summed E-state index contributed by atoms with van der Waals surface area (Å²) in [5.74, 6) is -2.87. The molecular weight excluding hydrogens is 424 g/mol. The summed E-state index contributed by atoms with van der Waals surface area (Å²) in [5.41, 5.74) is 2.68. The van der Waals surface area contributed by atoms with Crippen molar-refractivity contribution in [3.05, 3.63) is 92.4 Å². The zero-order valence-corrected chi connectivity index (χ0v) is 18.3. The fourth-order valence-electron chi connectivity index (χ4n) is 4.73. The molecule has 6 nitrogen and oxygen atoms in total. The van der Waals surface area contributed by atoms with Crippen molar-refractivity contribution in [2.75, 3.05) is 18.0 Å². The largest absolute Gasteiger partial charge is 0.336 e. The third-order valence-corrected chi connectivity index (χ3v) is 6.24. The van der Waals surface area contributed by atoms with Gasteiger partial charge in [0.15, 0.2) is 0 Å². The molecule has 2 aliphatic rings. The minimum Gasteiger partial charge on any atom is -0.336 e. The number of nitriles is 1. The topological polar surface area (TPSA) is 65.2 Å². The Balaban J connectivity index is 1.45. The van der Waals surface area contributed by atoms with E-state index in [0.29, 0.717) is 31.1 Å². The van der Waals surface area contributed by atoms with Crippen LogP contribution in [-0.4, -0.2) is 27.5 Å². The lowest BCUT2D eigenvalue weighted by Gasteiger charge is -2.35. The van der Waals surface area contributed by atoms with Crippen molar-refractivity contribution >= 4 is 5.95 Å². The number of rotatable bonds is 4. The van der Waals surface area contributed by atoms with E-state index in [4.69, 9.17) is 5.26 Å². The Morgan fingerprint density at radius 1 is 1.09 bits per heavy atom. The molecule has 0 bridgehead atoms. The average molecular weight is 447 g/mol. The van der Waals surface area contributed by atoms with Crippen LogP contribution in [0.15, 0.2) is 53.3 Å². The molecule has 0 fully saturated rings. The third-order valence-electron chi connectivity index (χ3n) is 6.24. The van der Waals surface area contributed by atoms with E-state index in [-0.39, 0.29) is 24.3 Å². The van der Waals surface area contributed by atoms with Gasteiger partial charge in [-0.15, -0.1) is 0 Å². The summed E-state index contributed by atoms with van der Waals surface area (Å²) in [6, 6.07) is 17.0. The molecule has 0 atom stereocenters. The van der Waals surface area contributed by atoms with Gasteiger partial charge in [-0.1, -0.05) is 42.0 Å². The van der Waals surface area contributed by atoms with Crippen LogP contribution in [0.4, 0.5) is 14.7 Å². The highest BCUT2D eigenvalue weighted by Crippen LogP contribution is 2.38. The molecule has 0 radical (unpaired) electrons. The predicted molar refractivity (Wildman–Crippen MR) is 120 cm³/mol. The number of aromatic nitrogens is 2. The summed E-state index contributed by atoms with van der Waals surface area (Å²) >= 11 is 0. The fraction of sp³-hybridized carbons (Fsp3) is 0.320. The van der Waals surface area contributed by atoms with Gasteiger partial charge in [0.1, 0.15) is 5.69 Å². The number of hydrogen-bond donors (Lipinski definition) is 0. The van der Waals surface area contributed by atoms with Gasteiger partial charge in [0, 0.05) is 32.7 Å². The summed E-state index contributed by atoms with van der Waals surface area (Å²) in [4.78, 5) is 20.6. The van der Waals surface area contributed by atoms with Crippen LogP contribution >= 0.6 is 0 Å². The Hall–Kier alpha value is -3.57. The maximum atomic E-state index is 15.4. The Morgan fingerprint density at radius 2 is 1.88 bits per heavy atom. The highest BCUT2D eigenvalue weighted by atomic mass is 19.3. The fourth-order valence-corrected chi connectivity index (χ4v) is 4.73. The van der Waals surface area contributed by atoms with Gasteiger partial charge in [-0.2, -0.15) is 19.0 Å². The average Bonchev–Trinajstić information content (AvgIpc) is 3.16. The van der Waals surface area contributed by atoms with Crippen LogP contribution < -0.4 is 10.5 Å². The molecule has 1 aromatic heterocycles. The molecule has 8 heteroatoms. The zero-order valence-electron chi connectivity index (χ0n) is 18.3. The van der Waals surface area contributed by atoms with Crippen molar-refractivity contribution in [3.8, 4) is 6.07 Å². The molecular formula is C25H23F2N5O. The number of fused-ring (bicyclic) bond motifs is 3. The maximum absolute atomic E-state index is 15.4. The molecule has 0 saturated carbocycles. The van der Waals surface area contributed by atoms with Crippen molar-refractivity contribution in [1.82, 2.24) is 14.5 Å². The number of alkyl halides is 2. The number of halogens is 2. The SMILES string of the molecule is Cc1ccc(CN2CCn3c2nc(=O)c2c3C(F)(F)CN(Cc3cccc(C#N)c3)C2)cc1. The van der Waals surface area contributed by atoms with E-state index in [9.17, 15) is 4.79 Å². The van der Waals surface area contributed by atoms with E-state index in [2.05, 4.69) is 11.1 Å². The lowest BCUT2D eigenvalue weighted by atomic mass is 10.0.